The van der Waals surface area contributed by atoms with Gasteiger partial charge in [-0.3, -0.25) is 0 Å². The van der Waals surface area contributed by atoms with Crippen LogP contribution in [-0.4, -0.2) is 9.97 Å². The molecule has 26 heavy (non-hydrogen) atoms. The number of nitrogens with one attached hydrogen (secondary N) is 1. The van der Waals surface area contributed by atoms with Gasteiger partial charge in [0.1, 0.15) is 23.4 Å². The summed E-state index contributed by atoms with van der Waals surface area (Å²) in [5, 5.41) is 13.4. The molecule has 1 N–H and O–H groups in total. The van der Waals surface area contributed by atoms with Crippen molar-refractivity contribution in [1.82, 2.24) is 9.97 Å². The van der Waals surface area contributed by atoms with Gasteiger partial charge in [0.25, 0.3) is 0 Å². The van der Waals surface area contributed by atoms with Gasteiger partial charge in [-0.1, -0.05) is 17.7 Å². The van der Waals surface area contributed by atoms with Crippen molar-refractivity contribution in [3.63, 3.8) is 0 Å². The molecule has 130 valence electrons. The first-order valence-corrected chi connectivity index (χ1v) is 8.50. The van der Waals surface area contributed by atoms with Crippen LogP contribution in [0.5, 0.6) is 11.5 Å². The quantitative estimate of drug-likeness (QED) is 0.598. The number of halogens is 2. The summed E-state index contributed by atoms with van der Waals surface area (Å²) >= 11 is 11.8. The number of benzene rings is 2. The molecule has 0 fully saturated rings. The highest BCUT2D eigenvalue weighted by atomic mass is 35.5. The Hall–Kier alpha value is -2.81. The molecule has 0 aliphatic heterocycles. The van der Waals surface area contributed by atoms with Gasteiger partial charge in [-0.2, -0.15) is 5.26 Å². The highest BCUT2D eigenvalue weighted by molar-refractivity contribution is 6.31. The number of ether oxygens (including phenoxy) is 1. The molecule has 0 aliphatic rings. The smallest absolute Gasteiger partial charge is 0.224 e. The molecule has 3 rings (SSSR count). The van der Waals surface area contributed by atoms with Crippen LogP contribution in [0.4, 0.5) is 5.82 Å². The van der Waals surface area contributed by atoms with Gasteiger partial charge in [0.05, 0.1) is 5.56 Å². The second kappa shape index (κ2) is 8.05. The van der Waals surface area contributed by atoms with Crippen LogP contribution in [0.1, 0.15) is 16.7 Å². The largest absolute Gasteiger partial charge is 0.456 e. The summed E-state index contributed by atoms with van der Waals surface area (Å²) in [6.45, 7) is 2.39. The Morgan fingerprint density at radius 2 is 2.00 bits per heavy atom. The molecule has 0 saturated carbocycles. The predicted octanol–water partition coefficient (Wildman–Crippen LogP) is 5.37. The first-order valence-electron chi connectivity index (χ1n) is 7.74. The van der Waals surface area contributed by atoms with Gasteiger partial charge < -0.3 is 10.1 Å². The number of nitrogens with zero attached hydrogens (tertiary/aromatic N) is 3. The van der Waals surface area contributed by atoms with E-state index in [0.29, 0.717) is 34.4 Å². The zero-order chi connectivity index (χ0) is 18.5. The van der Waals surface area contributed by atoms with E-state index in [2.05, 4.69) is 21.4 Å². The van der Waals surface area contributed by atoms with Crippen molar-refractivity contribution in [3.8, 4) is 17.6 Å². The van der Waals surface area contributed by atoms with Crippen LogP contribution in [0.2, 0.25) is 10.3 Å². The molecule has 0 amide bonds. The van der Waals surface area contributed by atoms with E-state index in [1.54, 1.807) is 36.5 Å². The molecule has 0 radical (unpaired) electrons. The fraction of sp³-hybridized carbons (Fsp3) is 0.105. The molecule has 0 atom stereocenters. The minimum absolute atomic E-state index is 0.176. The van der Waals surface area contributed by atoms with Crippen molar-refractivity contribution in [2.45, 2.75) is 13.5 Å². The Bertz CT molecular complexity index is 986. The molecule has 7 heteroatoms. The standard InChI is InChI=1S/C19H14Cl2N4O/c1-12-8-15(3-4-16(12)20)26-17-5-2-13(9-14(17)10-22)11-24-18-6-7-23-19(21)25-18/h2-9H,11H2,1H3,(H,23,24,25). The number of rotatable bonds is 5. The van der Waals surface area contributed by atoms with Gasteiger partial charge in [0.2, 0.25) is 5.28 Å². The maximum absolute atomic E-state index is 9.43. The van der Waals surface area contributed by atoms with Gasteiger partial charge >= 0.3 is 0 Å². The van der Waals surface area contributed by atoms with Gasteiger partial charge in [0.15, 0.2) is 0 Å². The third-order valence-corrected chi connectivity index (χ3v) is 4.23. The Kier molecular flexibility index (Phi) is 5.57. The van der Waals surface area contributed by atoms with Crippen LogP contribution in [0, 0.1) is 18.3 Å². The molecule has 1 heterocycles. The molecule has 1 aromatic heterocycles. The summed E-state index contributed by atoms with van der Waals surface area (Å²) in [5.74, 6) is 1.73. The third-order valence-electron chi connectivity index (χ3n) is 3.62. The first-order chi connectivity index (χ1) is 12.5. The van der Waals surface area contributed by atoms with Crippen molar-refractivity contribution < 1.29 is 4.74 Å². The maximum Gasteiger partial charge on any atom is 0.224 e. The SMILES string of the molecule is Cc1cc(Oc2ccc(CNc3ccnc(Cl)n3)cc2C#N)ccc1Cl. The summed E-state index contributed by atoms with van der Waals surface area (Å²) in [5.41, 5.74) is 2.26. The average Bonchev–Trinajstić information content (AvgIpc) is 2.64. The summed E-state index contributed by atoms with van der Waals surface area (Å²) in [6, 6.07) is 14.7. The number of anilines is 1. The van der Waals surface area contributed by atoms with E-state index in [1.807, 2.05) is 19.1 Å². The number of nitriles is 1. The van der Waals surface area contributed by atoms with E-state index in [4.69, 9.17) is 27.9 Å². The van der Waals surface area contributed by atoms with E-state index in [9.17, 15) is 5.26 Å². The molecular weight excluding hydrogens is 371 g/mol. The Balaban J connectivity index is 1.75. The van der Waals surface area contributed by atoms with Crippen molar-refractivity contribution in [2.24, 2.45) is 0 Å². The lowest BCUT2D eigenvalue weighted by Gasteiger charge is -2.11. The van der Waals surface area contributed by atoms with E-state index >= 15 is 0 Å². The van der Waals surface area contributed by atoms with Crippen LogP contribution in [0.3, 0.4) is 0 Å². The Morgan fingerprint density at radius 3 is 2.73 bits per heavy atom. The lowest BCUT2D eigenvalue weighted by atomic mass is 10.1. The minimum atomic E-state index is 0.176. The van der Waals surface area contributed by atoms with E-state index < -0.39 is 0 Å². The monoisotopic (exact) mass is 384 g/mol. The van der Waals surface area contributed by atoms with E-state index in [-0.39, 0.29) is 5.28 Å². The van der Waals surface area contributed by atoms with Gasteiger partial charge in [-0.15, -0.1) is 0 Å². The van der Waals surface area contributed by atoms with Crippen molar-refractivity contribution in [1.29, 1.82) is 5.26 Å². The second-order valence-corrected chi connectivity index (χ2v) is 6.27. The summed E-state index contributed by atoms with van der Waals surface area (Å²) in [6.07, 6.45) is 1.57. The maximum atomic E-state index is 9.43. The summed E-state index contributed by atoms with van der Waals surface area (Å²) in [4.78, 5) is 7.89. The number of hydrogen-bond acceptors (Lipinski definition) is 5. The normalized spacial score (nSPS) is 10.2. The zero-order valence-corrected chi connectivity index (χ0v) is 15.3. The van der Waals surface area contributed by atoms with Crippen LogP contribution in [-0.2, 0) is 6.54 Å². The summed E-state index contributed by atoms with van der Waals surface area (Å²) in [7, 11) is 0. The highest BCUT2D eigenvalue weighted by Crippen LogP contribution is 2.29. The summed E-state index contributed by atoms with van der Waals surface area (Å²) < 4.78 is 5.83. The second-order valence-electron chi connectivity index (χ2n) is 5.52. The van der Waals surface area contributed by atoms with Gasteiger partial charge in [-0.05, 0) is 66.0 Å². The fourth-order valence-electron chi connectivity index (χ4n) is 2.30. The van der Waals surface area contributed by atoms with E-state index in [1.165, 1.54) is 0 Å². The molecule has 0 bridgehead atoms. The van der Waals surface area contributed by atoms with Crippen molar-refractivity contribution in [3.05, 3.63) is 75.7 Å². The Morgan fingerprint density at radius 1 is 1.15 bits per heavy atom. The lowest BCUT2D eigenvalue weighted by Crippen LogP contribution is -2.02. The third kappa shape index (κ3) is 4.42. The number of aryl methyl sites for hydroxylation is 1. The molecular formula is C19H14Cl2N4O. The number of hydrogen-bond donors (Lipinski definition) is 1. The molecule has 0 unspecified atom stereocenters. The topological polar surface area (TPSA) is 70.8 Å². The average molecular weight is 385 g/mol. The van der Waals surface area contributed by atoms with Gasteiger partial charge in [0, 0.05) is 17.8 Å². The molecule has 2 aromatic carbocycles. The van der Waals surface area contributed by atoms with Crippen molar-refractivity contribution >= 4 is 29.0 Å². The molecule has 5 nitrogen and oxygen atoms in total. The van der Waals surface area contributed by atoms with Crippen LogP contribution < -0.4 is 10.1 Å². The highest BCUT2D eigenvalue weighted by Gasteiger charge is 2.08. The minimum Gasteiger partial charge on any atom is -0.456 e. The zero-order valence-electron chi connectivity index (χ0n) is 13.8. The van der Waals surface area contributed by atoms with Crippen LogP contribution >= 0.6 is 23.2 Å². The number of aromatic nitrogens is 2. The predicted molar refractivity (Wildman–Crippen MR) is 102 cm³/mol. The molecule has 3 aromatic rings. The van der Waals surface area contributed by atoms with Gasteiger partial charge in [-0.25, -0.2) is 9.97 Å². The first kappa shape index (κ1) is 18.0. The van der Waals surface area contributed by atoms with Crippen LogP contribution in [0.15, 0.2) is 48.7 Å². The lowest BCUT2D eigenvalue weighted by molar-refractivity contribution is 0.480. The van der Waals surface area contributed by atoms with Crippen molar-refractivity contribution in [2.75, 3.05) is 5.32 Å². The molecule has 0 aliphatic carbocycles. The fourth-order valence-corrected chi connectivity index (χ4v) is 2.56. The Labute approximate surface area is 161 Å². The molecule has 0 spiro atoms. The molecule has 0 saturated heterocycles. The van der Waals surface area contributed by atoms with Crippen LogP contribution in [0.25, 0.3) is 0 Å². The van der Waals surface area contributed by atoms with E-state index in [0.717, 1.165) is 11.1 Å².